The maximum atomic E-state index is 12.0. The molecule has 1 fully saturated rings. The van der Waals surface area contributed by atoms with Crippen molar-refractivity contribution in [1.29, 1.82) is 0 Å². The Morgan fingerprint density at radius 2 is 1.90 bits per heavy atom. The normalized spacial score (nSPS) is 15.7. The summed E-state index contributed by atoms with van der Waals surface area (Å²) >= 11 is 0. The van der Waals surface area contributed by atoms with Crippen molar-refractivity contribution in [3.05, 3.63) is 30.3 Å². The molecule has 1 aromatic carbocycles. The molecule has 1 aliphatic rings. The van der Waals surface area contributed by atoms with Crippen molar-refractivity contribution >= 4 is 17.5 Å². The second-order valence-corrected chi connectivity index (χ2v) is 4.89. The monoisotopic (exact) mass is 276 g/mol. The van der Waals surface area contributed by atoms with Gasteiger partial charge in [-0.05, 0) is 25.0 Å². The van der Waals surface area contributed by atoms with Crippen LogP contribution in [0.1, 0.15) is 12.8 Å². The molecule has 0 spiro atoms. The molecule has 0 unspecified atom stereocenters. The number of benzene rings is 1. The molecule has 2 amide bonds. The van der Waals surface area contributed by atoms with Crippen LogP contribution in [0.3, 0.4) is 0 Å². The fraction of sp³-hybridized carbons (Fsp3) is 0.467. The third-order valence-electron chi connectivity index (χ3n) is 3.52. The number of nitrogens with one attached hydrogen (secondary N) is 1. The molecule has 0 saturated carbocycles. The smallest absolute Gasteiger partial charge is 0.246 e. The van der Waals surface area contributed by atoms with E-state index < -0.39 is 0 Å². The van der Waals surface area contributed by atoms with Gasteiger partial charge in [-0.1, -0.05) is 18.2 Å². The first-order chi connectivity index (χ1) is 9.68. The Balaban J connectivity index is 1.81. The fourth-order valence-corrected chi connectivity index (χ4v) is 2.18. The van der Waals surface area contributed by atoms with E-state index in [2.05, 4.69) is 5.32 Å². The highest BCUT2D eigenvalue weighted by molar-refractivity contribution is 5.96. The molecule has 0 atom stereocenters. The van der Waals surface area contributed by atoms with Crippen LogP contribution in [-0.4, -0.2) is 38.6 Å². The quantitative estimate of drug-likeness (QED) is 0.898. The minimum atomic E-state index is -0.128. The maximum Gasteiger partial charge on any atom is 0.246 e. The van der Waals surface area contributed by atoms with E-state index >= 15 is 0 Å². The minimum absolute atomic E-state index is 0.0291. The Morgan fingerprint density at radius 3 is 2.55 bits per heavy atom. The molecule has 5 nitrogen and oxygen atoms in total. The summed E-state index contributed by atoms with van der Waals surface area (Å²) in [5.74, 6) is -0.210. The number of hydrogen-bond donors (Lipinski definition) is 1. The van der Waals surface area contributed by atoms with E-state index in [0.29, 0.717) is 13.2 Å². The molecule has 1 aromatic rings. The van der Waals surface area contributed by atoms with Crippen molar-refractivity contribution in [3.63, 3.8) is 0 Å². The average molecular weight is 276 g/mol. The summed E-state index contributed by atoms with van der Waals surface area (Å²) in [7, 11) is 1.71. The van der Waals surface area contributed by atoms with Crippen LogP contribution >= 0.6 is 0 Å². The first-order valence-corrected chi connectivity index (χ1v) is 6.85. The van der Waals surface area contributed by atoms with Crippen LogP contribution in [0.25, 0.3) is 0 Å². The predicted molar refractivity (Wildman–Crippen MR) is 76.4 cm³/mol. The van der Waals surface area contributed by atoms with Gasteiger partial charge in [-0.25, -0.2) is 0 Å². The summed E-state index contributed by atoms with van der Waals surface area (Å²) in [5, 5.41) is 2.72. The number of rotatable bonds is 4. The van der Waals surface area contributed by atoms with E-state index in [1.165, 1.54) is 0 Å². The summed E-state index contributed by atoms with van der Waals surface area (Å²) < 4.78 is 5.22. The number of likely N-dealkylation sites (N-methyl/N-ethyl adjacent to an activating group) is 1. The number of amides is 2. The second-order valence-electron chi connectivity index (χ2n) is 4.89. The second kappa shape index (κ2) is 7.05. The van der Waals surface area contributed by atoms with Crippen molar-refractivity contribution in [2.75, 3.05) is 31.7 Å². The largest absolute Gasteiger partial charge is 0.381 e. The molecule has 0 aliphatic carbocycles. The molecule has 2 rings (SSSR count). The molecular weight excluding hydrogens is 256 g/mol. The van der Waals surface area contributed by atoms with Gasteiger partial charge in [-0.15, -0.1) is 0 Å². The van der Waals surface area contributed by atoms with Crippen molar-refractivity contribution < 1.29 is 14.3 Å². The zero-order valence-electron chi connectivity index (χ0n) is 11.7. The summed E-state index contributed by atoms with van der Waals surface area (Å²) in [4.78, 5) is 25.5. The molecule has 1 heterocycles. The summed E-state index contributed by atoms with van der Waals surface area (Å²) in [6, 6.07) is 9.37. The van der Waals surface area contributed by atoms with Crippen LogP contribution in [0.5, 0.6) is 0 Å². The lowest BCUT2D eigenvalue weighted by Crippen LogP contribution is -2.41. The molecule has 5 heteroatoms. The summed E-state index contributed by atoms with van der Waals surface area (Å²) in [6.45, 7) is 1.27. The number of para-hydroxylation sites is 1. The third-order valence-corrected chi connectivity index (χ3v) is 3.52. The molecule has 1 saturated heterocycles. The van der Waals surface area contributed by atoms with Gasteiger partial charge in [0.25, 0.3) is 0 Å². The lowest BCUT2D eigenvalue weighted by atomic mass is 9.99. The lowest BCUT2D eigenvalue weighted by molar-refractivity contribution is -0.130. The number of carbonyl (C=O) groups is 2. The third kappa shape index (κ3) is 3.81. The van der Waals surface area contributed by atoms with Crippen LogP contribution < -0.4 is 10.2 Å². The molecule has 0 aromatic heterocycles. The van der Waals surface area contributed by atoms with Gasteiger partial charge in [0.15, 0.2) is 0 Å². The van der Waals surface area contributed by atoms with E-state index in [1.807, 2.05) is 30.3 Å². The molecular formula is C15H20N2O3. The number of carbonyl (C=O) groups excluding carboxylic acids is 2. The van der Waals surface area contributed by atoms with Crippen molar-refractivity contribution in [1.82, 2.24) is 5.32 Å². The molecule has 108 valence electrons. The van der Waals surface area contributed by atoms with Crippen molar-refractivity contribution in [2.45, 2.75) is 12.8 Å². The van der Waals surface area contributed by atoms with E-state index in [0.717, 1.165) is 18.5 Å². The SMILES string of the molecule is CN(C(=O)CNC(=O)C1CCOCC1)c1ccccc1. The minimum Gasteiger partial charge on any atom is -0.381 e. The molecule has 0 radical (unpaired) electrons. The fourth-order valence-electron chi connectivity index (χ4n) is 2.18. The van der Waals surface area contributed by atoms with E-state index in [1.54, 1.807) is 11.9 Å². The van der Waals surface area contributed by atoms with Crippen molar-refractivity contribution in [3.8, 4) is 0 Å². The number of nitrogens with zero attached hydrogens (tertiary/aromatic N) is 1. The molecule has 20 heavy (non-hydrogen) atoms. The van der Waals surface area contributed by atoms with Gasteiger partial charge in [0, 0.05) is 31.9 Å². The Hall–Kier alpha value is -1.88. The van der Waals surface area contributed by atoms with Crippen molar-refractivity contribution in [2.24, 2.45) is 5.92 Å². The molecule has 0 bridgehead atoms. The zero-order valence-corrected chi connectivity index (χ0v) is 11.7. The maximum absolute atomic E-state index is 12.0. The van der Waals surface area contributed by atoms with E-state index in [-0.39, 0.29) is 24.3 Å². The molecule has 1 N–H and O–H groups in total. The Labute approximate surface area is 118 Å². The average Bonchev–Trinajstić information content (AvgIpc) is 2.53. The van der Waals surface area contributed by atoms with E-state index in [4.69, 9.17) is 4.74 Å². The van der Waals surface area contributed by atoms with Crippen LogP contribution in [0.4, 0.5) is 5.69 Å². The van der Waals surface area contributed by atoms with Gasteiger partial charge in [-0.3, -0.25) is 9.59 Å². The zero-order chi connectivity index (χ0) is 14.4. The standard InChI is InChI=1S/C15H20N2O3/c1-17(13-5-3-2-4-6-13)14(18)11-16-15(19)12-7-9-20-10-8-12/h2-6,12H,7-11H2,1H3,(H,16,19). The Bertz CT molecular complexity index is 455. The Kier molecular flexibility index (Phi) is 5.12. The number of anilines is 1. The first-order valence-electron chi connectivity index (χ1n) is 6.85. The van der Waals surface area contributed by atoms with Crippen LogP contribution in [-0.2, 0) is 14.3 Å². The summed E-state index contributed by atoms with van der Waals surface area (Å²) in [6.07, 6.45) is 1.46. The van der Waals surface area contributed by atoms with Gasteiger partial charge in [0.05, 0.1) is 6.54 Å². The highest BCUT2D eigenvalue weighted by atomic mass is 16.5. The van der Waals surface area contributed by atoms with Gasteiger partial charge in [-0.2, -0.15) is 0 Å². The highest BCUT2D eigenvalue weighted by Crippen LogP contribution is 2.14. The topological polar surface area (TPSA) is 58.6 Å². The predicted octanol–water partition coefficient (Wildman–Crippen LogP) is 1.19. The van der Waals surface area contributed by atoms with Gasteiger partial charge in [0.1, 0.15) is 0 Å². The van der Waals surface area contributed by atoms with E-state index in [9.17, 15) is 9.59 Å². The highest BCUT2D eigenvalue weighted by Gasteiger charge is 2.22. The summed E-state index contributed by atoms with van der Waals surface area (Å²) in [5.41, 5.74) is 0.817. The molecule has 1 aliphatic heterocycles. The number of ether oxygens (including phenoxy) is 1. The van der Waals surface area contributed by atoms with Crippen LogP contribution in [0, 0.1) is 5.92 Å². The van der Waals surface area contributed by atoms with Gasteiger partial charge in [0.2, 0.25) is 11.8 Å². The van der Waals surface area contributed by atoms with Crippen LogP contribution in [0.15, 0.2) is 30.3 Å². The van der Waals surface area contributed by atoms with Gasteiger partial charge >= 0.3 is 0 Å². The Morgan fingerprint density at radius 1 is 1.25 bits per heavy atom. The lowest BCUT2D eigenvalue weighted by Gasteiger charge is -2.22. The van der Waals surface area contributed by atoms with Gasteiger partial charge < -0.3 is 15.0 Å². The first kappa shape index (κ1) is 14.5. The number of hydrogen-bond acceptors (Lipinski definition) is 3. The van der Waals surface area contributed by atoms with Crippen LogP contribution in [0.2, 0.25) is 0 Å².